The van der Waals surface area contributed by atoms with Crippen molar-refractivity contribution in [3.8, 4) is 44.5 Å². The normalized spacial score (nSPS) is 12.6. The van der Waals surface area contributed by atoms with Crippen LogP contribution in [0.15, 0.2) is 277 Å². The van der Waals surface area contributed by atoms with Crippen LogP contribution >= 0.6 is 0 Å². The Kier molecular flexibility index (Phi) is 9.47. The molecule has 0 atom stereocenters. The molecule has 1 aromatic heterocycles. The van der Waals surface area contributed by atoms with Gasteiger partial charge >= 0.3 is 0 Å². The predicted molar refractivity (Wildman–Crippen MR) is 297 cm³/mol. The van der Waals surface area contributed by atoms with Gasteiger partial charge in [0.15, 0.2) is 0 Å². The van der Waals surface area contributed by atoms with E-state index in [2.05, 4.69) is 278 Å². The molecule has 14 rings (SSSR count). The second kappa shape index (κ2) is 16.5. The molecule has 0 spiro atoms. The zero-order valence-corrected chi connectivity index (χ0v) is 38.8. The second-order valence-corrected chi connectivity index (χ2v) is 18.7. The number of para-hydroxylation sites is 1. The van der Waals surface area contributed by atoms with E-state index in [9.17, 15) is 0 Å². The van der Waals surface area contributed by atoms with E-state index in [0.717, 1.165) is 55.7 Å². The number of hydrogen-bond donors (Lipinski definition) is 0. The van der Waals surface area contributed by atoms with Gasteiger partial charge in [-0.15, -0.1) is 0 Å². The summed E-state index contributed by atoms with van der Waals surface area (Å²) in [5, 5.41) is 7.02. The fourth-order valence-electron chi connectivity index (χ4n) is 11.7. The highest BCUT2D eigenvalue weighted by atomic mass is 16.3. The largest absolute Gasteiger partial charge is 0.455 e. The molecule has 0 radical (unpaired) electrons. The molecule has 1 aliphatic carbocycles. The molecule has 2 heteroatoms. The first-order chi connectivity index (χ1) is 35.2. The van der Waals surface area contributed by atoms with Crippen LogP contribution in [0, 0.1) is 0 Å². The number of furan rings is 1. The summed E-state index contributed by atoms with van der Waals surface area (Å²) < 4.78 is 6.95. The molecule has 0 aliphatic heterocycles. The Balaban J connectivity index is 0.939. The van der Waals surface area contributed by atoms with E-state index in [-0.39, 0.29) is 0 Å². The van der Waals surface area contributed by atoms with Crippen molar-refractivity contribution < 1.29 is 4.42 Å². The molecule has 0 amide bonds. The Morgan fingerprint density at radius 2 is 0.831 bits per heavy atom. The van der Waals surface area contributed by atoms with E-state index in [4.69, 9.17) is 4.42 Å². The third kappa shape index (κ3) is 6.49. The Bertz CT molecular complexity index is 4110. The quantitative estimate of drug-likeness (QED) is 0.151. The number of nitrogens with zero attached hydrogens (tertiary/aromatic N) is 1. The lowest BCUT2D eigenvalue weighted by atomic mass is 9.67. The molecule has 332 valence electrons. The molecule has 0 N–H and O–H groups in total. The van der Waals surface area contributed by atoms with E-state index in [1.165, 1.54) is 71.6 Å². The average Bonchev–Trinajstić information content (AvgIpc) is 3.99. The molecule has 71 heavy (non-hydrogen) atoms. The molecule has 1 heterocycles. The van der Waals surface area contributed by atoms with Gasteiger partial charge in [0.05, 0.1) is 16.5 Å². The van der Waals surface area contributed by atoms with Crippen LogP contribution in [0.2, 0.25) is 0 Å². The minimum absolute atomic E-state index is 0.475. The van der Waals surface area contributed by atoms with E-state index >= 15 is 0 Å². The number of fused-ring (bicyclic) bond motifs is 8. The lowest BCUT2D eigenvalue weighted by molar-refractivity contribution is 0.670. The summed E-state index contributed by atoms with van der Waals surface area (Å²) in [5.41, 5.74) is 19.0. The van der Waals surface area contributed by atoms with Crippen molar-refractivity contribution in [2.45, 2.75) is 5.41 Å². The first-order valence-corrected chi connectivity index (χ1v) is 24.5. The highest BCUT2D eigenvalue weighted by Gasteiger charge is 2.46. The summed E-state index contributed by atoms with van der Waals surface area (Å²) in [5.74, 6) is 0. The smallest absolute Gasteiger partial charge is 0.145 e. The topological polar surface area (TPSA) is 16.4 Å². The van der Waals surface area contributed by atoms with Gasteiger partial charge in [-0.1, -0.05) is 218 Å². The molecule has 0 bridgehead atoms. The molecule has 13 aromatic rings. The number of benzene rings is 12. The SMILES string of the molecule is c1ccc(C2(c3ccccc3)c3ccccc3-c3ccc(-c4ccc(N(c5ccc(-c6ccc7ccccc7c6)cc5)c5ccc(-c6cccc7ccccc67)c6oc7ccccc7c56)cc4)cc32)cc1. The summed E-state index contributed by atoms with van der Waals surface area (Å²) in [6.45, 7) is 0. The van der Waals surface area contributed by atoms with Gasteiger partial charge in [-0.05, 0) is 137 Å². The maximum absolute atomic E-state index is 6.95. The highest BCUT2D eigenvalue weighted by Crippen LogP contribution is 2.57. The standard InChI is InChI=1S/C69H45NO/c1-3-20-53(21-4-1)69(54-22-5-2-6-23-54)63-28-13-11-25-59(63)60-41-36-52(45-64(60)69)48-34-39-56(40-35-48)70(55-37-32-47(33-38-55)51-31-30-46-16-7-8-18-50(46)44-51)65-43-42-61(58-27-15-19-49-17-9-10-24-57(49)58)68-67(65)62-26-12-14-29-66(62)71-68/h1-45H. The molecule has 0 saturated heterocycles. The van der Waals surface area contributed by atoms with Gasteiger partial charge in [-0.3, -0.25) is 0 Å². The summed E-state index contributed by atoms with van der Waals surface area (Å²) in [6.07, 6.45) is 0. The van der Waals surface area contributed by atoms with Gasteiger partial charge in [-0.2, -0.15) is 0 Å². The first kappa shape index (κ1) is 40.8. The van der Waals surface area contributed by atoms with Crippen LogP contribution in [0.5, 0.6) is 0 Å². The van der Waals surface area contributed by atoms with Gasteiger partial charge in [0.1, 0.15) is 11.2 Å². The Labute approximate surface area is 413 Å². The van der Waals surface area contributed by atoms with Crippen LogP contribution in [0.25, 0.3) is 88.0 Å². The lowest BCUT2D eigenvalue weighted by Crippen LogP contribution is -2.28. The molecule has 1 aliphatic rings. The number of hydrogen-bond acceptors (Lipinski definition) is 2. The predicted octanol–water partition coefficient (Wildman–Crippen LogP) is 18.7. The molecular weight excluding hydrogens is 859 g/mol. The zero-order valence-electron chi connectivity index (χ0n) is 38.8. The average molecular weight is 904 g/mol. The minimum Gasteiger partial charge on any atom is -0.455 e. The third-order valence-corrected chi connectivity index (χ3v) is 15.0. The van der Waals surface area contributed by atoms with Crippen LogP contribution in [0.1, 0.15) is 22.3 Å². The van der Waals surface area contributed by atoms with E-state index in [1.54, 1.807) is 0 Å². The van der Waals surface area contributed by atoms with Crippen molar-refractivity contribution in [2.24, 2.45) is 0 Å². The van der Waals surface area contributed by atoms with Gasteiger partial charge in [0.2, 0.25) is 0 Å². The zero-order chi connectivity index (χ0) is 46.9. The van der Waals surface area contributed by atoms with Crippen molar-refractivity contribution in [1.29, 1.82) is 0 Å². The summed E-state index contributed by atoms with van der Waals surface area (Å²) in [6, 6.07) is 99.7. The molecule has 12 aromatic carbocycles. The van der Waals surface area contributed by atoms with Gasteiger partial charge in [0.25, 0.3) is 0 Å². The maximum atomic E-state index is 6.95. The second-order valence-electron chi connectivity index (χ2n) is 18.7. The summed E-state index contributed by atoms with van der Waals surface area (Å²) in [4.78, 5) is 2.40. The monoisotopic (exact) mass is 903 g/mol. The van der Waals surface area contributed by atoms with Crippen molar-refractivity contribution in [2.75, 3.05) is 4.90 Å². The number of rotatable bonds is 8. The third-order valence-electron chi connectivity index (χ3n) is 15.0. The van der Waals surface area contributed by atoms with Gasteiger partial charge in [-0.25, -0.2) is 0 Å². The van der Waals surface area contributed by atoms with E-state index < -0.39 is 5.41 Å². The number of anilines is 3. The van der Waals surface area contributed by atoms with Crippen LogP contribution < -0.4 is 4.90 Å². The fourth-order valence-corrected chi connectivity index (χ4v) is 11.7. The fraction of sp³-hybridized carbons (Fsp3) is 0.0145. The Hall–Kier alpha value is -9.24. The minimum atomic E-state index is -0.475. The molecule has 0 unspecified atom stereocenters. The van der Waals surface area contributed by atoms with Gasteiger partial charge < -0.3 is 9.32 Å². The van der Waals surface area contributed by atoms with Crippen LogP contribution in [0.3, 0.4) is 0 Å². The highest BCUT2D eigenvalue weighted by molar-refractivity contribution is 6.18. The Morgan fingerprint density at radius 1 is 0.310 bits per heavy atom. The molecule has 0 saturated carbocycles. The summed E-state index contributed by atoms with van der Waals surface area (Å²) >= 11 is 0. The van der Waals surface area contributed by atoms with Crippen LogP contribution in [-0.2, 0) is 5.41 Å². The lowest BCUT2D eigenvalue weighted by Gasteiger charge is -2.34. The first-order valence-electron chi connectivity index (χ1n) is 24.5. The van der Waals surface area contributed by atoms with Crippen molar-refractivity contribution in [3.63, 3.8) is 0 Å². The van der Waals surface area contributed by atoms with Crippen molar-refractivity contribution >= 4 is 60.5 Å². The summed E-state index contributed by atoms with van der Waals surface area (Å²) in [7, 11) is 0. The van der Waals surface area contributed by atoms with Crippen LogP contribution in [-0.4, -0.2) is 0 Å². The molecule has 0 fully saturated rings. The van der Waals surface area contributed by atoms with E-state index in [0.29, 0.717) is 0 Å². The van der Waals surface area contributed by atoms with Crippen molar-refractivity contribution in [3.05, 3.63) is 295 Å². The van der Waals surface area contributed by atoms with E-state index in [1.807, 2.05) is 0 Å². The molecule has 2 nitrogen and oxygen atoms in total. The van der Waals surface area contributed by atoms with Gasteiger partial charge in [0, 0.05) is 22.3 Å². The Morgan fingerprint density at radius 3 is 1.56 bits per heavy atom. The van der Waals surface area contributed by atoms with Crippen molar-refractivity contribution in [1.82, 2.24) is 0 Å². The van der Waals surface area contributed by atoms with Crippen LogP contribution in [0.4, 0.5) is 17.1 Å². The maximum Gasteiger partial charge on any atom is 0.145 e. The molecular formula is C69H45NO.